The normalized spacial score (nSPS) is 20.2. The van der Waals surface area contributed by atoms with Gasteiger partial charge in [-0.2, -0.15) is 0 Å². The van der Waals surface area contributed by atoms with Crippen LogP contribution in [-0.4, -0.2) is 50.3 Å². The fourth-order valence-corrected chi connectivity index (χ4v) is 5.78. The van der Waals surface area contributed by atoms with Crippen LogP contribution >= 0.6 is 11.6 Å². The molecule has 0 spiro atoms. The summed E-state index contributed by atoms with van der Waals surface area (Å²) in [6.45, 7) is 4.58. The summed E-state index contributed by atoms with van der Waals surface area (Å²) in [6.07, 6.45) is 4.22. The molecular formula is C28H27ClN4O. The Morgan fingerprint density at radius 1 is 0.971 bits per heavy atom. The average Bonchev–Trinajstić information content (AvgIpc) is 3.34. The number of aromatic nitrogens is 2. The molecule has 2 aliphatic rings. The lowest BCUT2D eigenvalue weighted by atomic mass is 10.0. The van der Waals surface area contributed by atoms with Crippen molar-refractivity contribution in [1.82, 2.24) is 19.2 Å². The van der Waals surface area contributed by atoms with Crippen molar-refractivity contribution in [2.75, 3.05) is 13.1 Å². The Hall–Kier alpha value is -3.15. The third kappa shape index (κ3) is 3.69. The number of hydrogen-bond acceptors (Lipinski definition) is 3. The lowest BCUT2D eigenvalue weighted by molar-refractivity contribution is 0.0402. The zero-order valence-corrected chi connectivity index (χ0v) is 19.9. The van der Waals surface area contributed by atoms with Crippen LogP contribution in [-0.2, 0) is 6.54 Å². The van der Waals surface area contributed by atoms with Gasteiger partial charge in [-0.05, 0) is 55.7 Å². The number of carbonyl (C=O) groups excluding carboxylic acids is 1. The summed E-state index contributed by atoms with van der Waals surface area (Å²) in [4.78, 5) is 23.0. The number of aryl methyl sites for hydroxylation is 1. The Morgan fingerprint density at radius 2 is 1.68 bits per heavy atom. The third-order valence-corrected chi connectivity index (χ3v) is 7.54. The summed E-state index contributed by atoms with van der Waals surface area (Å²) in [5.41, 5.74) is 6.06. The first-order valence-electron chi connectivity index (χ1n) is 11.9. The van der Waals surface area contributed by atoms with Crippen molar-refractivity contribution >= 4 is 23.2 Å². The first kappa shape index (κ1) is 21.4. The van der Waals surface area contributed by atoms with Gasteiger partial charge in [0.25, 0.3) is 5.91 Å². The molecule has 4 aromatic rings. The van der Waals surface area contributed by atoms with Gasteiger partial charge in [-0.1, -0.05) is 48.0 Å². The minimum absolute atomic E-state index is 0.182. The number of piperazine rings is 1. The number of imidazole rings is 1. The smallest absolute Gasteiger partial charge is 0.254 e. The topological polar surface area (TPSA) is 40.9 Å². The van der Waals surface area contributed by atoms with Crippen LogP contribution in [0.4, 0.5) is 0 Å². The van der Waals surface area contributed by atoms with Crippen LogP contribution in [0.5, 0.6) is 0 Å². The molecule has 0 N–H and O–H groups in total. The Balaban J connectivity index is 1.29. The molecule has 2 bridgehead atoms. The maximum absolute atomic E-state index is 13.4. The number of carbonyl (C=O) groups is 1. The van der Waals surface area contributed by atoms with Gasteiger partial charge in [-0.25, -0.2) is 4.98 Å². The highest BCUT2D eigenvalue weighted by molar-refractivity contribution is 6.30. The molecule has 0 radical (unpaired) electrons. The van der Waals surface area contributed by atoms with Gasteiger partial charge in [0, 0.05) is 54.1 Å². The molecule has 172 valence electrons. The second kappa shape index (κ2) is 8.57. The van der Waals surface area contributed by atoms with Gasteiger partial charge in [-0.3, -0.25) is 9.69 Å². The zero-order valence-electron chi connectivity index (χ0n) is 19.2. The van der Waals surface area contributed by atoms with E-state index < -0.39 is 0 Å². The second-order valence-electron chi connectivity index (χ2n) is 9.45. The highest BCUT2D eigenvalue weighted by Gasteiger charge is 2.43. The molecule has 4 heterocycles. The fourth-order valence-electron chi connectivity index (χ4n) is 5.65. The largest absolute Gasteiger partial charge is 0.330 e. The van der Waals surface area contributed by atoms with Gasteiger partial charge in [-0.15, -0.1) is 0 Å². The highest BCUT2D eigenvalue weighted by atomic mass is 35.5. The molecule has 6 heteroatoms. The van der Waals surface area contributed by atoms with E-state index in [9.17, 15) is 4.79 Å². The molecule has 0 aliphatic carbocycles. The molecule has 2 unspecified atom stereocenters. The van der Waals surface area contributed by atoms with Gasteiger partial charge in [0.1, 0.15) is 5.65 Å². The van der Waals surface area contributed by atoms with Crippen molar-refractivity contribution in [3.05, 3.63) is 94.8 Å². The number of hydrogen-bond donors (Lipinski definition) is 0. The van der Waals surface area contributed by atoms with Crippen molar-refractivity contribution in [1.29, 1.82) is 0 Å². The Kier molecular flexibility index (Phi) is 5.39. The zero-order chi connectivity index (χ0) is 23.2. The molecule has 6 rings (SSSR count). The lowest BCUT2D eigenvalue weighted by Crippen LogP contribution is -2.55. The molecular weight excluding hydrogens is 444 g/mol. The van der Waals surface area contributed by atoms with Gasteiger partial charge < -0.3 is 9.30 Å². The average molecular weight is 471 g/mol. The SMILES string of the molecule is Cc1ccccc1C(=O)N1C2CCC1CN(Cc1c(-c3ccc(Cl)cc3)nc3ccccn13)C2. The number of benzene rings is 2. The standard InChI is InChI=1S/C28H27ClN4O/c1-19-6-2-3-7-24(19)28(34)33-22-13-14-23(33)17-31(16-22)18-25-27(20-9-11-21(29)12-10-20)30-26-8-4-5-15-32(25)26/h2-12,15,22-23H,13-14,16-18H2,1H3. The molecule has 2 aromatic heterocycles. The summed E-state index contributed by atoms with van der Waals surface area (Å²) in [7, 11) is 0. The quantitative estimate of drug-likeness (QED) is 0.398. The molecule has 2 saturated heterocycles. The monoisotopic (exact) mass is 470 g/mol. The molecule has 5 nitrogen and oxygen atoms in total. The molecule has 2 aromatic carbocycles. The third-order valence-electron chi connectivity index (χ3n) is 7.29. The first-order valence-corrected chi connectivity index (χ1v) is 12.3. The summed E-state index contributed by atoms with van der Waals surface area (Å²) in [5.74, 6) is 0.182. The van der Waals surface area contributed by atoms with Crippen molar-refractivity contribution < 1.29 is 4.79 Å². The van der Waals surface area contributed by atoms with Crippen LogP contribution < -0.4 is 0 Å². The molecule has 1 amide bonds. The van der Waals surface area contributed by atoms with E-state index in [0.29, 0.717) is 0 Å². The Bertz CT molecular complexity index is 1350. The van der Waals surface area contributed by atoms with E-state index in [1.54, 1.807) is 0 Å². The Morgan fingerprint density at radius 3 is 2.41 bits per heavy atom. The van der Waals surface area contributed by atoms with E-state index in [2.05, 4.69) is 20.4 Å². The summed E-state index contributed by atoms with van der Waals surface area (Å²) < 4.78 is 2.19. The van der Waals surface area contributed by atoms with E-state index in [1.165, 1.54) is 5.69 Å². The van der Waals surface area contributed by atoms with Crippen LogP contribution in [0.2, 0.25) is 5.02 Å². The van der Waals surface area contributed by atoms with Gasteiger partial charge >= 0.3 is 0 Å². The van der Waals surface area contributed by atoms with Crippen LogP contribution in [0.1, 0.15) is 34.5 Å². The number of amides is 1. The molecule has 2 fully saturated rings. The van der Waals surface area contributed by atoms with E-state index in [4.69, 9.17) is 16.6 Å². The maximum Gasteiger partial charge on any atom is 0.254 e. The number of halogens is 1. The number of pyridine rings is 1. The predicted octanol–water partition coefficient (Wildman–Crippen LogP) is 5.45. The van der Waals surface area contributed by atoms with Gasteiger partial charge in [0.15, 0.2) is 0 Å². The van der Waals surface area contributed by atoms with Gasteiger partial charge in [0.2, 0.25) is 0 Å². The van der Waals surface area contributed by atoms with E-state index in [-0.39, 0.29) is 18.0 Å². The minimum Gasteiger partial charge on any atom is -0.330 e. The number of nitrogens with zero attached hydrogens (tertiary/aromatic N) is 4. The van der Waals surface area contributed by atoms with E-state index in [0.717, 1.165) is 65.5 Å². The molecule has 0 saturated carbocycles. The maximum atomic E-state index is 13.4. The van der Waals surface area contributed by atoms with E-state index >= 15 is 0 Å². The number of fused-ring (bicyclic) bond motifs is 3. The minimum atomic E-state index is 0.182. The van der Waals surface area contributed by atoms with Crippen molar-refractivity contribution in [2.24, 2.45) is 0 Å². The van der Waals surface area contributed by atoms with Crippen LogP contribution in [0.3, 0.4) is 0 Å². The first-order chi connectivity index (χ1) is 16.6. The summed E-state index contributed by atoms with van der Waals surface area (Å²) >= 11 is 6.14. The Labute approximate surface area is 204 Å². The summed E-state index contributed by atoms with van der Waals surface area (Å²) in [5, 5.41) is 0.722. The van der Waals surface area contributed by atoms with Crippen LogP contribution in [0, 0.1) is 6.92 Å². The van der Waals surface area contributed by atoms with Crippen LogP contribution in [0.15, 0.2) is 72.9 Å². The van der Waals surface area contributed by atoms with Crippen LogP contribution in [0.25, 0.3) is 16.9 Å². The lowest BCUT2D eigenvalue weighted by Gasteiger charge is -2.41. The molecule has 34 heavy (non-hydrogen) atoms. The van der Waals surface area contributed by atoms with Gasteiger partial charge in [0.05, 0.1) is 11.4 Å². The summed E-state index contributed by atoms with van der Waals surface area (Å²) in [6, 6.07) is 22.5. The van der Waals surface area contributed by atoms with Crippen molar-refractivity contribution in [2.45, 2.75) is 38.4 Å². The molecule has 2 aliphatic heterocycles. The van der Waals surface area contributed by atoms with E-state index in [1.807, 2.05) is 73.7 Å². The fraction of sp³-hybridized carbons (Fsp3) is 0.286. The number of likely N-dealkylation sites (tertiary alicyclic amines) is 1. The highest BCUT2D eigenvalue weighted by Crippen LogP contribution is 2.34. The molecule has 2 atom stereocenters. The predicted molar refractivity (Wildman–Crippen MR) is 135 cm³/mol. The number of rotatable bonds is 4. The van der Waals surface area contributed by atoms with Crippen molar-refractivity contribution in [3.8, 4) is 11.3 Å². The van der Waals surface area contributed by atoms with Crippen molar-refractivity contribution in [3.63, 3.8) is 0 Å². The second-order valence-corrected chi connectivity index (χ2v) is 9.89.